The summed E-state index contributed by atoms with van der Waals surface area (Å²) in [6.45, 7) is 5.72. The highest BCUT2D eigenvalue weighted by Gasteiger charge is 2.26. The van der Waals surface area contributed by atoms with Crippen LogP contribution in [0.2, 0.25) is 5.15 Å². The summed E-state index contributed by atoms with van der Waals surface area (Å²) in [5, 5.41) is 18.1. The minimum Gasteiger partial charge on any atom is -0.355 e. The van der Waals surface area contributed by atoms with E-state index < -0.39 is 0 Å². The Morgan fingerprint density at radius 1 is 1.36 bits per heavy atom. The summed E-state index contributed by atoms with van der Waals surface area (Å²) >= 11 is 5.76. The average molecular weight is 364 g/mol. The van der Waals surface area contributed by atoms with Crippen LogP contribution in [0, 0.1) is 11.8 Å². The number of hydrogen-bond donors (Lipinski definition) is 2. The van der Waals surface area contributed by atoms with Gasteiger partial charge >= 0.3 is 0 Å². The van der Waals surface area contributed by atoms with Crippen molar-refractivity contribution in [1.82, 2.24) is 25.4 Å². The third-order valence-electron chi connectivity index (χ3n) is 4.18. The Hall–Kier alpha value is -2.22. The molecule has 0 spiro atoms. The molecule has 1 amide bonds. The van der Waals surface area contributed by atoms with Crippen LogP contribution in [0.1, 0.15) is 32.5 Å². The van der Waals surface area contributed by atoms with Crippen molar-refractivity contribution in [2.75, 3.05) is 23.3 Å². The number of hydrogen-bond acceptors (Lipinski definition) is 6. The van der Waals surface area contributed by atoms with Gasteiger partial charge in [0.1, 0.15) is 5.82 Å². The summed E-state index contributed by atoms with van der Waals surface area (Å²) in [6, 6.07) is 3.57. The van der Waals surface area contributed by atoms with Crippen molar-refractivity contribution >= 4 is 29.3 Å². The number of anilines is 2. The molecule has 2 aromatic rings. The van der Waals surface area contributed by atoms with E-state index in [9.17, 15) is 4.79 Å². The van der Waals surface area contributed by atoms with Crippen LogP contribution in [-0.2, 0) is 11.2 Å². The molecule has 3 heterocycles. The molecule has 8 nitrogen and oxygen atoms in total. The largest absolute Gasteiger partial charge is 0.355 e. The highest BCUT2D eigenvalue weighted by atomic mass is 35.5. The van der Waals surface area contributed by atoms with E-state index in [0.717, 1.165) is 44.0 Å². The van der Waals surface area contributed by atoms with Crippen LogP contribution in [0.4, 0.5) is 11.8 Å². The van der Waals surface area contributed by atoms with Crippen LogP contribution in [0.3, 0.4) is 0 Å². The number of rotatable bonds is 5. The molecule has 9 heteroatoms. The van der Waals surface area contributed by atoms with E-state index in [1.807, 2.05) is 6.07 Å². The van der Waals surface area contributed by atoms with Gasteiger partial charge < -0.3 is 4.90 Å². The standard InChI is InChI=1S/C16H22ClN7O/c1-10(2)9-13-18-16(23-21-13)19-15(25)11-5-7-24(8-6-11)14-4-3-12(17)20-22-14/h3-4,10-11H,5-9H2,1-2H3,(H2,18,19,21,23,25). The molecule has 0 saturated carbocycles. The van der Waals surface area contributed by atoms with Gasteiger partial charge in [-0.1, -0.05) is 25.4 Å². The van der Waals surface area contributed by atoms with E-state index in [1.165, 1.54) is 0 Å². The van der Waals surface area contributed by atoms with Gasteiger partial charge in [-0.2, -0.15) is 4.98 Å². The Labute approximate surface area is 151 Å². The third-order valence-corrected chi connectivity index (χ3v) is 4.38. The van der Waals surface area contributed by atoms with Gasteiger partial charge in [-0.15, -0.1) is 15.3 Å². The Kier molecular flexibility index (Phi) is 5.47. The molecule has 0 radical (unpaired) electrons. The highest BCUT2D eigenvalue weighted by molar-refractivity contribution is 6.29. The van der Waals surface area contributed by atoms with Crippen molar-refractivity contribution in [2.45, 2.75) is 33.1 Å². The zero-order valence-electron chi connectivity index (χ0n) is 14.4. The summed E-state index contributed by atoms with van der Waals surface area (Å²) in [5.74, 6) is 2.33. The number of amides is 1. The minimum atomic E-state index is -0.0523. The van der Waals surface area contributed by atoms with Crippen molar-refractivity contribution < 1.29 is 4.79 Å². The topological polar surface area (TPSA) is 99.7 Å². The maximum Gasteiger partial charge on any atom is 0.248 e. The number of halogens is 1. The summed E-state index contributed by atoms with van der Waals surface area (Å²) < 4.78 is 0. The SMILES string of the molecule is CC(C)Cc1nc(NC(=O)C2CCN(c3ccc(Cl)nn3)CC2)n[nH]1. The van der Waals surface area contributed by atoms with Gasteiger partial charge in [0.25, 0.3) is 0 Å². The lowest BCUT2D eigenvalue weighted by atomic mass is 9.96. The predicted octanol–water partition coefficient (Wildman–Crippen LogP) is 2.30. The van der Waals surface area contributed by atoms with Crippen molar-refractivity contribution in [3.8, 4) is 0 Å². The molecule has 0 aromatic carbocycles. The van der Waals surface area contributed by atoms with Crippen molar-refractivity contribution in [3.63, 3.8) is 0 Å². The number of carbonyl (C=O) groups is 1. The predicted molar refractivity (Wildman–Crippen MR) is 95.5 cm³/mol. The van der Waals surface area contributed by atoms with Gasteiger partial charge in [0.2, 0.25) is 11.9 Å². The average Bonchev–Trinajstić information content (AvgIpc) is 3.02. The second-order valence-electron chi connectivity index (χ2n) is 6.67. The molecule has 1 fully saturated rings. The Bertz CT molecular complexity index is 708. The number of H-pyrrole nitrogens is 1. The van der Waals surface area contributed by atoms with Gasteiger partial charge in [-0.05, 0) is 30.9 Å². The first-order valence-electron chi connectivity index (χ1n) is 8.47. The number of aromatic amines is 1. The summed E-state index contributed by atoms with van der Waals surface area (Å²) in [6.07, 6.45) is 2.31. The summed E-state index contributed by atoms with van der Waals surface area (Å²) in [5.41, 5.74) is 0. The van der Waals surface area contributed by atoms with Gasteiger partial charge in [-0.3, -0.25) is 15.2 Å². The van der Waals surface area contributed by atoms with E-state index >= 15 is 0 Å². The molecule has 1 aliphatic heterocycles. The minimum absolute atomic E-state index is 0.0306. The van der Waals surface area contributed by atoms with E-state index in [4.69, 9.17) is 11.6 Å². The van der Waals surface area contributed by atoms with Crippen LogP contribution < -0.4 is 10.2 Å². The second kappa shape index (κ2) is 7.77. The van der Waals surface area contributed by atoms with E-state index in [2.05, 4.69) is 49.4 Å². The quantitative estimate of drug-likeness (QED) is 0.845. The molecule has 134 valence electrons. The van der Waals surface area contributed by atoms with Gasteiger partial charge in [0.05, 0.1) is 0 Å². The van der Waals surface area contributed by atoms with Gasteiger partial charge in [0, 0.05) is 25.4 Å². The first kappa shape index (κ1) is 17.6. The number of nitrogens with zero attached hydrogens (tertiary/aromatic N) is 5. The molecule has 1 saturated heterocycles. The monoisotopic (exact) mass is 363 g/mol. The van der Waals surface area contributed by atoms with E-state index in [0.29, 0.717) is 17.0 Å². The lowest BCUT2D eigenvalue weighted by molar-refractivity contribution is -0.120. The van der Waals surface area contributed by atoms with Gasteiger partial charge in [0.15, 0.2) is 11.0 Å². The molecule has 25 heavy (non-hydrogen) atoms. The molecule has 0 unspecified atom stereocenters. The molecule has 0 bridgehead atoms. The first-order valence-corrected chi connectivity index (χ1v) is 8.85. The lowest BCUT2D eigenvalue weighted by Crippen LogP contribution is -2.38. The molecule has 0 atom stereocenters. The number of nitrogens with one attached hydrogen (secondary N) is 2. The smallest absolute Gasteiger partial charge is 0.248 e. The van der Waals surface area contributed by atoms with Crippen LogP contribution >= 0.6 is 11.6 Å². The lowest BCUT2D eigenvalue weighted by Gasteiger charge is -2.31. The first-order chi connectivity index (χ1) is 12.0. The van der Waals surface area contributed by atoms with Crippen LogP contribution in [-0.4, -0.2) is 44.4 Å². The summed E-state index contributed by atoms with van der Waals surface area (Å²) in [7, 11) is 0. The fourth-order valence-electron chi connectivity index (χ4n) is 2.89. The normalized spacial score (nSPS) is 15.6. The Morgan fingerprint density at radius 2 is 2.12 bits per heavy atom. The van der Waals surface area contributed by atoms with Crippen LogP contribution in [0.15, 0.2) is 12.1 Å². The molecule has 2 N–H and O–H groups in total. The molecule has 3 rings (SSSR count). The van der Waals surface area contributed by atoms with Crippen molar-refractivity contribution in [3.05, 3.63) is 23.1 Å². The van der Waals surface area contributed by atoms with Crippen LogP contribution in [0.25, 0.3) is 0 Å². The van der Waals surface area contributed by atoms with Crippen molar-refractivity contribution in [1.29, 1.82) is 0 Å². The van der Waals surface area contributed by atoms with Crippen molar-refractivity contribution in [2.24, 2.45) is 11.8 Å². The highest BCUT2D eigenvalue weighted by Crippen LogP contribution is 2.23. The summed E-state index contributed by atoms with van der Waals surface area (Å²) in [4.78, 5) is 18.8. The molecule has 0 aliphatic carbocycles. The zero-order valence-corrected chi connectivity index (χ0v) is 15.1. The number of carbonyl (C=O) groups excluding carboxylic acids is 1. The maximum absolute atomic E-state index is 12.4. The molecular weight excluding hydrogens is 342 g/mol. The van der Waals surface area contributed by atoms with E-state index in [1.54, 1.807) is 6.07 Å². The molecular formula is C16H22ClN7O. The fourth-order valence-corrected chi connectivity index (χ4v) is 2.99. The molecule has 2 aromatic heterocycles. The second-order valence-corrected chi connectivity index (χ2v) is 7.06. The van der Waals surface area contributed by atoms with Gasteiger partial charge in [-0.25, -0.2) is 0 Å². The third kappa shape index (κ3) is 4.66. The Morgan fingerprint density at radius 3 is 2.76 bits per heavy atom. The Balaban J connectivity index is 1.51. The molecule has 1 aliphatic rings. The number of piperidine rings is 1. The van der Waals surface area contributed by atoms with E-state index in [-0.39, 0.29) is 11.8 Å². The van der Waals surface area contributed by atoms with Crippen LogP contribution in [0.5, 0.6) is 0 Å². The number of aromatic nitrogens is 5. The fraction of sp³-hybridized carbons (Fsp3) is 0.562. The zero-order chi connectivity index (χ0) is 17.8. The maximum atomic E-state index is 12.4.